The van der Waals surface area contributed by atoms with E-state index in [1.807, 2.05) is 0 Å². The molecule has 0 saturated heterocycles. The zero-order valence-corrected chi connectivity index (χ0v) is 47.9. The minimum absolute atomic E-state index is 0.0912. The normalized spacial score (nSPS) is 12.4. The molecule has 0 aromatic rings. The number of allylic oxidation sites excluding steroid dienone is 10. The molecule has 6 nitrogen and oxygen atoms in total. The molecular weight excluding hydrogens is 889 g/mol. The number of hydrogen-bond donors (Lipinski definition) is 0. The van der Waals surface area contributed by atoms with Crippen molar-refractivity contribution in [2.24, 2.45) is 0 Å². The molecule has 0 fully saturated rings. The van der Waals surface area contributed by atoms with Gasteiger partial charge in [-0.2, -0.15) is 0 Å². The van der Waals surface area contributed by atoms with Gasteiger partial charge in [-0.05, 0) is 77.0 Å². The second kappa shape index (κ2) is 60.7. The van der Waals surface area contributed by atoms with Crippen LogP contribution in [0.15, 0.2) is 60.8 Å². The lowest BCUT2D eigenvalue weighted by Gasteiger charge is -2.18. The first kappa shape index (κ1) is 69.1. The molecule has 0 bridgehead atoms. The smallest absolute Gasteiger partial charge is 0.306 e. The average Bonchev–Trinajstić information content (AvgIpc) is 3.38. The summed E-state index contributed by atoms with van der Waals surface area (Å²) in [5, 5.41) is 0. The van der Waals surface area contributed by atoms with Gasteiger partial charge in [0.2, 0.25) is 0 Å². The van der Waals surface area contributed by atoms with Crippen molar-refractivity contribution >= 4 is 17.9 Å². The maximum absolute atomic E-state index is 12.8. The van der Waals surface area contributed by atoms with Crippen molar-refractivity contribution in [1.29, 1.82) is 0 Å². The molecule has 0 N–H and O–H groups in total. The molecule has 0 spiro atoms. The zero-order chi connectivity index (χ0) is 52.2. The van der Waals surface area contributed by atoms with Crippen LogP contribution in [0.1, 0.15) is 323 Å². The molecule has 0 heterocycles. The van der Waals surface area contributed by atoms with E-state index in [4.69, 9.17) is 14.2 Å². The third-order valence-electron chi connectivity index (χ3n) is 13.7. The predicted molar refractivity (Wildman–Crippen MR) is 312 cm³/mol. The van der Waals surface area contributed by atoms with Gasteiger partial charge in [0, 0.05) is 19.3 Å². The van der Waals surface area contributed by atoms with Gasteiger partial charge in [-0.25, -0.2) is 0 Å². The monoisotopic (exact) mass is 1010 g/mol. The van der Waals surface area contributed by atoms with Crippen molar-refractivity contribution in [3.05, 3.63) is 60.8 Å². The highest BCUT2D eigenvalue weighted by molar-refractivity contribution is 5.71. The van der Waals surface area contributed by atoms with Crippen LogP contribution in [0, 0.1) is 0 Å². The van der Waals surface area contributed by atoms with Crippen molar-refractivity contribution in [2.75, 3.05) is 13.2 Å². The Hall–Kier alpha value is -2.89. The number of hydrogen-bond acceptors (Lipinski definition) is 6. The number of ether oxygens (including phenoxy) is 3. The largest absolute Gasteiger partial charge is 0.462 e. The molecule has 0 aliphatic heterocycles. The quantitative estimate of drug-likeness (QED) is 0.0261. The van der Waals surface area contributed by atoms with E-state index < -0.39 is 6.10 Å². The molecular formula is C66H118O6. The van der Waals surface area contributed by atoms with Gasteiger partial charge in [0.25, 0.3) is 0 Å². The highest BCUT2D eigenvalue weighted by atomic mass is 16.6. The summed E-state index contributed by atoms with van der Waals surface area (Å²) < 4.78 is 16.8. The molecule has 0 radical (unpaired) electrons. The Morgan fingerprint density at radius 3 is 0.944 bits per heavy atom. The first-order chi connectivity index (χ1) is 35.5. The van der Waals surface area contributed by atoms with Gasteiger partial charge < -0.3 is 14.2 Å². The van der Waals surface area contributed by atoms with Crippen LogP contribution in [-0.4, -0.2) is 37.2 Å². The maximum atomic E-state index is 12.8. The Balaban J connectivity index is 4.13. The molecule has 6 heteroatoms. The minimum atomic E-state index is -0.797. The Kier molecular flexibility index (Phi) is 58.2. The summed E-state index contributed by atoms with van der Waals surface area (Å²) >= 11 is 0. The highest BCUT2D eigenvalue weighted by Crippen LogP contribution is 2.18. The van der Waals surface area contributed by atoms with Crippen molar-refractivity contribution in [1.82, 2.24) is 0 Å². The first-order valence-electron chi connectivity index (χ1n) is 31.3. The van der Waals surface area contributed by atoms with Crippen LogP contribution in [-0.2, 0) is 28.6 Å². The second-order valence-corrected chi connectivity index (χ2v) is 20.9. The third kappa shape index (κ3) is 58.0. The molecule has 0 aromatic carbocycles. The van der Waals surface area contributed by atoms with E-state index in [2.05, 4.69) is 81.5 Å². The van der Waals surface area contributed by atoms with E-state index in [9.17, 15) is 14.4 Å². The maximum Gasteiger partial charge on any atom is 0.306 e. The summed E-state index contributed by atoms with van der Waals surface area (Å²) in [5.41, 5.74) is 0. The Morgan fingerprint density at radius 1 is 0.292 bits per heavy atom. The number of rotatable bonds is 57. The van der Waals surface area contributed by atoms with Gasteiger partial charge in [0.05, 0.1) is 0 Å². The Morgan fingerprint density at radius 2 is 0.569 bits per heavy atom. The first-order valence-corrected chi connectivity index (χ1v) is 31.3. The van der Waals surface area contributed by atoms with Crippen molar-refractivity contribution in [2.45, 2.75) is 329 Å². The molecule has 1 unspecified atom stereocenters. The summed E-state index contributed by atoms with van der Waals surface area (Å²) in [6.07, 6.45) is 76.9. The van der Waals surface area contributed by atoms with Gasteiger partial charge in [-0.15, -0.1) is 0 Å². The summed E-state index contributed by atoms with van der Waals surface area (Å²) in [7, 11) is 0. The SMILES string of the molecule is CC/C=C\C/C=C\C/C=C\C/C=C\CCCCC(=O)OC(COC(=O)CCCCCCC/C=C\CCC)COC(=O)CCCCCCCCCCCCCCCCCCCCCCCCCCCCCCC. The highest BCUT2D eigenvalue weighted by Gasteiger charge is 2.19. The molecule has 1 atom stereocenters. The van der Waals surface area contributed by atoms with Gasteiger partial charge in [-0.1, -0.05) is 287 Å². The zero-order valence-electron chi connectivity index (χ0n) is 47.9. The fourth-order valence-corrected chi connectivity index (χ4v) is 9.09. The molecule has 0 amide bonds. The lowest BCUT2D eigenvalue weighted by Crippen LogP contribution is -2.30. The number of carbonyl (C=O) groups excluding carboxylic acids is 3. The number of unbranched alkanes of at least 4 members (excludes halogenated alkanes) is 36. The van der Waals surface area contributed by atoms with Gasteiger partial charge in [0.15, 0.2) is 6.10 Å². The predicted octanol–water partition coefficient (Wildman–Crippen LogP) is 21.2. The summed E-state index contributed by atoms with van der Waals surface area (Å²) in [5.74, 6) is -0.933. The molecule has 0 rings (SSSR count). The van der Waals surface area contributed by atoms with Crippen LogP contribution in [0.2, 0.25) is 0 Å². The molecule has 0 aliphatic carbocycles. The topological polar surface area (TPSA) is 78.9 Å². The summed E-state index contributed by atoms with van der Waals surface area (Å²) in [6.45, 7) is 6.46. The van der Waals surface area contributed by atoms with Crippen LogP contribution in [0.3, 0.4) is 0 Å². The van der Waals surface area contributed by atoms with Crippen molar-refractivity contribution < 1.29 is 28.6 Å². The number of carbonyl (C=O) groups is 3. The van der Waals surface area contributed by atoms with Crippen molar-refractivity contribution in [3.8, 4) is 0 Å². The van der Waals surface area contributed by atoms with Crippen LogP contribution in [0.4, 0.5) is 0 Å². The molecule has 0 aromatic heterocycles. The minimum Gasteiger partial charge on any atom is -0.462 e. The van der Waals surface area contributed by atoms with Crippen LogP contribution < -0.4 is 0 Å². The van der Waals surface area contributed by atoms with E-state index in [-0.39, 0.29) is 37.5 Å². The summed E-state index contributed by atoms with van der Waals surface area (Å²) in [4.78, 5) is 38.1. The van der Waals surface area contributed by atoms with Gasteiger partial charge in [-0.3, -0.25) is 14.4 Å². The fourth-order valence-electron chi connectivity index (χ4n) is 9.09. The summed E-state index contributed by atoms with van der Waals surface area (Å²) in [6, 6.07) is 0. The fraction of sp³-hybridized carbons (Fsp3) is 0.803. The Labute approximate surface area is 447 Å². The van der Waals surface area contributed by atoms with Gasteiger partial charge >= 0.3 is 17.9 Å². The van der Waals surface area contributed by atoms with Crippen molar-refractivity contribution in [3.63, 3.8) is 0 Å². The molecule has 0 aliphatic rings. The van der Waals surface area contributed by atoms with Crippen LogP contribution in [0.5, 0.6) is 0 Å². The molecule has 72 heavy (non-hydrogen) atoms. The lowest BCUT2D eigenvalue weighted by atomic mass is 10.0. The molecule has 0 saturated carbocycles. The Bertz CT molecular complexity index is 1290. The van der Waals surface area contributed by atoms with E-state index in [1.165, 1.54) is 180 Å². The van der Waals surface area contributed by atoms with E-state index in [1.54, 1.807) is 0 Å². The van der Waals surface area contributed by atoms with E-state index in [0.717, 1.165) is 96.3 Å². The van der Waals surface area contributed by atoms with Crippen LogP contribution in [0.25, 0.3) is 0 Å². The molecule has 418 valence electrons. The second-order valence-electron chi connectivity index (χ2n) is 20.9. The van der Waals surface area contributed by atoms with E-state index in [0.29, 0.717) is 19.3 Å². The van der Waals surface area contributed by atoms with E-state index >= 15 is 0 Å². The average molecular weight is 1010 g/mol. The standard InChI is InChI=1S/C66H118O6/c1-4-7-10-13-16-19-22-24-26-27-28-29-30-31-32-33-34-35-36-37-38-39-41-42-44-47-50-53-56-59-65(68)71-62-63(61-70-64(67)58-55-52-49-46-21-18-15-12-9-6-3)72-66(69)60-57-54-51-48-45-43-40-25-23-20-17-14-11-8-5-2/h8,11-12,15,17,20,25,40,45,48,63H,4-7,9-10,13-14,16,18-19,21-24,26-39,41-44,46-47,49-62H2,1-3H3/b11-8-,15-12-,20-17-,40-25-,48-45-. The lowest BCUT2D eigenvalue weighted by molar-refractivity contribution is -0.167. The van der Waals surface area contributed by atoms with Gasteiger partial charge in [0.1, 0.15) is 13.2 Å². The number of esters is 3. The third-order valence-corrected chi connectivity index (χ3v) is 13.7. The van der Waals surface area contributed by atoms with Crippen LogP contribution >= 0.6 is 0 Å².